The minimum atomic E-state index is -0.534. The number of aromatic nitrogens is 1. The smallest absolute Gasteiger partial charge is 0.278 e. The zero-order chi connectivity index (χ0) is 13.8. The molecule has 0 saturated carbocycles. The van der Waals surface area contributed by atoms with E-state index in [2.05, 4.69) is 10.4 Å². The molecule has 0 aliphatic heterocycles. The molecule has 3 N–H and O–H groups in total. The fourth-order valence-corrected chi connectivity index (χ4v) is 1.51. The molecule has 0 unspecified atom stereocenters. The van der Waals surface area contributed by atoms with Gasteiger partial charge in [0.1, 0.15) is 5.75 Å². The van der Waals surface area contributed by atoms with Gasteiger partial charge in [-0.1, -0.05) is 18.2 Å². The van der Waals surface area contributed by atoms with E-state index in [-0.39, 0.29) is 17.4 Å². The molecule has 0 atom stereocenters. The van der Waals surface area contributed by atoms with Crippen molar-refractivity contribution in [1.82, 2.24) is 4.98 Å². The number of nitrogens with two attached hydrogens (primary N) is 1. The maximum absolute atomic E-state index is 10.8. The van der Waals surface area contributed by atoms with Crippen LogP contribution < -0.4 is 16.0 Å². The minimum Gasteiger partial charge on any atom is -0.438 e. The Morgan fingerprint density at radius 2 is 2.11 bits per heavy atom. The van der Waals surface area contributed by atoms with E-state index < -0.39 is 4.92 Å². The van der Waals surface area contributed by atoms with E-state index in [1.807, 2.05) is 25.1 Å². The van der Waals surface area contributed by atoms with Crippen LogP contribution in [0.4, 0.5) is 11.5 Å². The number of nitrogens with zero attached hydrogens (tertiary/aromatic N) is 2. The first-order valence-corrected chi connectivity index (χ1v) is 5.46. The number of para-hydroxylation sites is 1. The summed E-state index contributed by atoms with van der Waals surface area (Å²) in [6.07, 6.45) is 0. The Labute approximate surface area is 109 Å². The van der Waals surface area contributed by atoms with Crippen molar-refractivity contribution in [2.75, 3.05) is 5.43 Å². The van der Waals surface area contributed by atoms with Crippen LogP contribution in [-0.4, -0.2) is 9.91 Å². The summed E-state index contributed by atoms with van der Waals surface area (Å²) in [5, 5.41) is 10.8. The lowest BCUT2D eigenvalue weighted by molar-refractivity contribution is -0.384. The van der Waals surface area contributed by atoms with Crippen LogP contribution in [0.15, 0.2) is 36.4 Å². The monoisotopic (exact) mass is 260 g/mol. The summed E-state index contributed by atoms with van der Waals surface area (Å²) in [5.74, 6) is 6.07. The SMILES string of the molecule is Cc1ccccc1Oc1cc([N+](=O)[O-])cc(NN)n1. The van der Waals surface area contributed by atoms with Gasteiger partial charge >= 0.3 is 0 Å². The molecule has 7 nitrogen and oxygen atoms in total. The van der Waals surface area contributed by atoms with Gasteiger partial charge < -0.3 is 10.2 Å². The molecule has 7 heteroatoms. The zero-order valence-electron chi connectivity index (χ0n) is 10.2. The highest BCUT2D eigenvalue weighted by Crippen LogP contribution is 2.27. The van der Waals surface area contributed by atoms with E-state index in [0.717, 1.165) is 5.56 Å². The van der Waals surface area contributed by atoms with Gasteiger partial charge in [0.05, 0.1) is 17.1 Å². The zero-order valence-corrected chi connectivity index (χ0v) is 10.2. The summed E-state index contributed by atoms with van der Waals surface area (Å²) in [6.45, 7) is 1.87. The van der Waals surface area contributed by atoms with Gasteiger partial charge in [0.2, 0.25) is 5.88 Å². The average Bonchev–Trinajstić information content (AvgIpc) is 2.41. The average molecular weight is 260 g/mol. The van der Waals surface area contributed by atoms with Gasteiger partial charge in [0, 0.05) is 0 Å². The molecule has 0 radical (unpaired) electrons. The quantitative estimate of drug-likeness (QED) is 0.497. The second-order valence-electron chi connectivity index (χ2n) is 3.82. The van der Waals surface area contributed by atoms with E-state index in [0.29, 0.717) is 5.75 Å². The third-order valence-electron chi connectivity index (χ3n) is 2.45. The van der Waals surface area contributed by atoms with Crippen molar-refractivity contribution in [2.24, 2.45) is 5.84 Å². The number of anilines is 1. The molecule has 0 aliphatic rings. The molecule has 0 amide bonds. The molecular formula is C12H12N4O3. The standard InChI is InChI=1S/C12H12N4O3/c1-8-4-2-3-5-10(8)19-12-7-9(16(17)18)6-11(14-12)15-13/h2-7H,13H2,1H3,(H,14,15). The molecule has 98 valence electrons. The number of ether oxygens (including phenoxy) is 1. The van der Waals surface area contributed by atoms with Crippen molar-refractivity contribution >= 4 is 11.5 Å². The number of rotatable bonds is 4. The minimum absolute atomic E-state index is 0.108. The van der Waals surface area contributed by atoms with E-state index >= 15 is 0 Å². The molecule has 0 saturated heterocycles. The summed E-state index contributed by atoms with van der Waals surface area (Å²) in [6, 6.07) is 9.77. The van der Waals surface area contributed by atoms with Crippen molar-refractivity contribution < 1.29 is 9.66 Å². The maximum atomic E-state index is 10.8. The summed E-state index contributed by atoms with van der Waals surface area (Å²) >= 11 is 0. The van der Waals surface area contributed by atoms with Gasteiger partial charge in [-0.3, -0.25) is 10.1 Å². The topological polar surface area (TPSA) is 103 Å². The maximum Gasteiger partial charge on any atom is 0.278 e. The molecule has 0 bridgehead atoms. The van der Waals surface area contributed by atoms with Crippen molar-refractivity contribution in [3.63, 3.8) is 0 Å². The molecule has 0 fully saturated rings. The summed E-state index contributed by atoms with van der Waals surface area (Å²) in [4.78, 5) is 14.3. The lowest BCUT2D eigenvalue weighted by Gasteiger charge is -2.08. The van der Waals surface area contributed by atoms with Gasteiger partial charge in [-0.25, -0.2) is 5.84 Å². The molecular weight excluding hydrogens is 248 g/mol. The first kappa shape index (κ1) is 12.8. The van der Waals surface area contributed by atoms with Gasteiger partial charge in [0.15, 0.2) is 5.82 Å². The van der Waals surface area contributed by atoms with Crippen LogP contribution in [-0.2, 0) is 0 Å². The van der Waals surface area contributed by atoms with E-state index in [1.165, 1.54) is 12.1 Å². The van der Waals surface area contributed by atoms with Gasteiger partial charge in [-0.2, -0.15) is 4.98 Å². The van der Waals surface area contributed by atoms with Crippen LogP contribution in [0.3, 0.4) is 0 Å². The fourth-order valence-electron chi connectivity index (χ4n) is 1.51. The normalized spacial score (nSPS) is 10.0. The lowest BCUT2D eigenvalue weighted by atomic mass is 10.2. The predicted octanol–water partition coefficient (Wildman–Crippen LogP) is 2.38. The highest BCUT2D eigenvalue weighted by atomic mass is 16.6. The van der Waals surface area contributed by atoms with Crippen molar-refractivity contribution in [2.45, 2.75) is 6.92 Å². The molecule has 2 aromatic rings. The number of nitro groups is 1. The van der Waals surface area contributed by atoms with Crippen LogP contribution in [0.25, 0.3) is 0 Å². The van der Waals surface area contributed by atoms with Crippen LogP contribution in [0, 0.1) is 17.0 Å². The molecule has 1 aromatic carbocycles. The van der Waals surface area contributed by atoms with Crippen molar-refractivity contribution in [3.8, 4) is 11.6 Å². The van der Waals surface area contributed by atoms with Gasteiger partial charge in [-0.15, -0.1) is 0 Å². The fraction of sp³-hybridized carbons (Fsp3) is 0.0833. The Bertz CT molecular complexity index is 616. The Morgan fingerprint density at radius 1 is 1.37 bits per heavy atom. The van der Waals surface area contributed by atoms with E-state index in [4.69, 9.17) is 10.6 Å². The first-order valence-electron chi connectivity index (χ1n) is 5.46. The Morgan fingerprint density at radius 3 is 2.74 bits per heavy atom. The third-order valence-corrected chi connectivity index (χ3v) is 2.45. The summed E-state index contributed by atoms with van der Waals surface area (Å²) < 4.78 is 5.53. The van der Waals surface area contributed by atoms with E-state index in [9.17, 15) is 10.1 Å². The first-order chi connectivity index (χ1) is 9.10. The molecule has 0 spiro atoms. The highest BCUT2D eigenvalue weighted by molar-refractivity contribution is 5.48. The van der Waals surface area contributed by atoms with Crippen LogP contribution in [0.2, 0.25) is 0 Å². The third kappa shape index (κ3) is 2.96. The second-order valence-corrected chi connectivity index (χ2v) is 3.82. The van der Waals surface area contributed by atoms with E-state index in [1.54, 1.807) is 6.07 Å². The number of aryl methyl sites for hydroxylation is 1. The molecule has 1 heterocycles. The second kappa shape index (κ2) is 5.32. The number of hydrazine groups is 1. The Kier molecular flexibility index (Phi) is 3.58. The van der Waals surface area contributed by atoms with Gasteiger partial charge in [0.25, 0.3) is 5.69 Å². The number of hydrogen-bond acceptors (Lipinski definition) is 6. The molecule has 0 aliphatic carbocycles. The predicted molar refractivity (Wildman–Crippen MR) is 70.0 cm³/mol. The largest absolute Gasteiger partial charge is 0.438 e. The van der Waals surface area contributed by atoms with Crippen molar-refractivity contribution in [3.05, 3.63) is 52.1 Å². The van der Waals surface area contributed by atoms with Crippen molar-refractivity contribution in [1.29, 1.82) is 0 Å². The Balaban J connectivity index is 2.37. The van der Waals surface area contributed by atoms with Gasteiger partial charge in [-0.05, 0) is 18.6 Å². The molecule has 1 aromatic heterocycles. The number of nitrogen functional groups attached to an aromatic ring is 1. The number of benzene rings is 1. The number of hydrogen-bond donors (Lipinski definition) is 2. The molecule has 19 heavy (non-hydrogen) atoms. The van der Waals surface area contributed by atoms with Crippen LogP contribution >= 0.6 is 0 Å². The highest BCUT2D eigenvalue weighted by Gasteiger charge is 2.12. The van der Waals surface area contributed by atoms with Crippen LogP contribution in [0.5, 0.6) is 11.6 Å². The summed E-state index contributed by atoms with van der Waals surface area (Å²) in [5.41, 5.74) is 3.02. The number of pyridine rings is 1. The van der Waals surface area contributed by atoms with Crippen LogP contribution in [0.1, 0.15) is 5.56 Å². The summed E-state index contributed by atoms with van der Waals surface area (Å²) in [7, 11) is 0. The number of nitrogens with one attached hydrogen (secondary N) is 1. The Hall–Kier alpha value is -2.67. The lowest BCUT2D eigenvalue weighted by Crippen LogP contribution is -2.09. The molecule has 2 rings (SSSR count).